The van der Waals surface area contributed by atoms with Crippen LogP contribution >= 0.6 is 0 Å². The Morgan fingerprint density at radius 3 is 2.08 bits per heavy atom. The van der Waals surface area contributed by atoms with Crippen molar-refractivity contribution in [3.8, 4) is 22.8 Å². The van der Waals surface area contributed by atoms with Crippen molar-refractivity contribution < 1.29 is 21.6 Å². The molecule has 0 aliphatic heterocycles. The molecule has 3 aromatic rings. The van der Waals surface area contributed by atoms with Gasteiger partial charge in [0.05, 0.1) is 11.1 Å². The molecule has 1 aromatic heterocycles. The third-order valence-corrected chi connectivity index (χ3v) is 5.24. The summed E-state index contributed by atoms with van der Waals surface area (Å²) in [6.07, 6.45) is 1.56. The van der Waals surface area contributed by atoms with Gasteiger partial charge in [-0.1, -0.05) is 0 Å². The molecule has 0 saturated heterocycles. The number of rotatable bonds is 5. The second-order valence-corrected chi connectivity index (χ2v) is 7.72. The number of hydrogen-bond acceptors (Lipinski definition) is 5. The van der Waals surface area contributed by atoms with Gasteiger partial charge in [0.25, 0.3) is 0 Å². The van der Waals surface area contributed by atoms with E-state index >= 15 is 0 Å². The van der Waals surface area contributed by atoms with Gasteiger partial charge in [0.2, 0.25) is 15.7 Å². The smallest absolute Gasteiger partial charge is 0.341 e. The van der Waals surface area contributed by atoms with Gasteiger partial charge in [0.15, 0.2) is 5.76 Å². The predicted molar refractivity (Wildman–Crippen MR) is 94.9 cm³/mol. The lowest BCUT2D eigenvalue weighted by Gasteiger charge is -2.11. The number of oxazole rings is 1. The first-order valence-electron chi connectivity index (χ1n) is 7.65. The average molecular weight is 378 g/mol. The lowest BCUT2D eigenvalue weighted by atomic mass is 10.1. The zero-order valence-electron chi connectivity index (χ0n) is 14.1. The Hall–Kier alpha value is -2.74. The Morgan fingerprint density at radius 2 is 1.54 bits per heavy atom. The molecule has 0 bridgehead atoms. The van der Waals surface area contributed by atoms with E-state index in [1.807, 2.05) is 43.3 Å². The van der Waals surface area contributed by atoms with Crippen LogP contribution in [-0.2, 0) is 9.84 Å². The molecule has 136 valence electrons. The highest BCUT2D eigenvalue weighted by atomic mass is 32.2. The minimum Gasteiger partial charge on any atom is -0.436 e. The molecule has 0 aliphatic carbocycles. The standard InChI is InChI=1S/C18H16F2N2O3S/c1-22(2)14-7-3-12(4-8-14)16-11-21-17(25-16)13-5-9-15(10-6-13)26(23,24)18(19)20/h3-11,18H,1-2H3. The summed E-state index contributed by atoms with van der Waals surface area (Å²) in [5.41, 5.74) is 2.38. The van der Waals surface area contributed by atoms with Crippen molar-refractivity contribution in [3.63, 3.8) is 0 Å². The van der Waals surface area contributed by atoms with E-state index in [1.54, 1.807) is 6.20 Å². The maximum absolute atomic E-state index is 12.6. The number of sulfone groups is 1. The molecule has 8 heteroatoms. The number of alkyl halides is 2. The highest BCUT2D eigenvalue weighted by Gasteiger charge is 2.26. The van der Waals surface area contributed by atoms with Crippen molar-refractivity contribution in [2.75, 3.05) is 19.0 Å². The molecule has 0 amide bonds. The molecule has 26 heavy (non-hydrogen) atoms. The first-order chi connectivity index (χ1) is 12.3. The Balaban J connectivity index is 1.86. The molecule has 0 aliphatic rings. The minimum absolute atomic E-state index is 0.276. The van der Waals surface area contributed by atoms with Crippen LogP contribution in [0.5, 0.6) is 0 Å². The first kappa shape index (κ1) is 18.1. The highest BCUT2D eigenvalue weighted by Crippen LogP contribution is 2.28. The third-order valence-electron chi connectivity index (χ3n) is 3.84. The third kappa shape index (κ3) is 3.45. The lowest BCUT2D eigenvalue weighted by molar-refractivity contribution is 0.234. The molecular weight excluding hydrogens is 362 g/mol. The van der Waals surface area contributed by atoms with E-state index in [2.05, 4.69) is 4.98 Å². The van der Waals surface area contributed by atoms with Gasteiger partial charge in [-0.3, -0.25) is 0 Å². The predicted octanol–water partition coefficient (Wildman–Crippen LogP) is 4.07. The number of aromatic nitrogens is 1. The molecule has 2 aromatic carbocycles. The fraction of sp³-hybridized carbons (Fsp3) is 0.167. The summed E-state index contributed by atoms with van der Waals surface area (Å²) >= 11 is 0. The van der Waals surface area contributed by atoms with Crippen molar-refractivity contribution in [1.82, 2.24) is 4.98 Å². The fourth-order valence-corrected chi connectivity index (χ4v) is 3.08. The quantitative estimate of drug-likeness (QED) is 0.670. The van der Waals surface area contributed by atoms with Crippen molar-refractivity contribution in [2.45, 2.75) is 10.7 Å². The Morgan fingerprint density at radius 1 is 0.962 bits per heavy atom. The molecule has 0 unspecified atom stereocenters. The zero-order valence-corrected chi connectivity index (χ0v) is 14.9. The molecule has 3 rings (SSSR count). The largest absolute Gasteiger partial charge is 0.436 e. The lowest BCUT2D eigenvalue weighted by Crippen LogP contribution is -2.11. The molecular formula is C18H16F2N2O3S. The van der Waals surface area contributed by atoms with Crippen molar-refractivity contribution in [3.05, 3.63) is 54.7 Å². The van der Waals surface area contributed by atoms with Crippen LogP contribution in [0, 0.1) is 0 Å². The summed E-state index contributed by atoms with van der Waals surface area (Å²) < 4.78 is 53.7. The molecule has 0 fully saturated rings. The van der Waals surface area contributed by atoms with Gasteiger partial charge in [-0.05, 0) is 48.5 Å². The molecule has 0 radical (unpaired) electrons. The molecule has 5 nitrogen and oxygen atoms in total. The monoisotopic (exact) mass is 378 g/mol. The number of nitrogens with zero attached hydrogens (tertiary/aromatic N) is 2. The average Bonchev–Trinajstić information content (AvgIpc) is 3.12. The van der Waals surface area contributed by atoms with E-state index < -0.39 is 20.5 Å². The van der Waals surface area contributed by atoms with Crippen molar-refractivity contribution >= 4 is 15.5 Å². The Bertz CT molecular complexity index is 996. The summed E-state index contributed by atoms with van der Waals surface area (Å²) in [6, 6.07) is 12.7. The van der Waals surface area contributed by atoms with Crippen LogP contribution in [0.3, 0.4) is 0 Å². The van der Waals surface area contributed by atoms with Crippen LogP contribution in [0.2, 0.25) is 0 Å². The van der Waals surface area contributed by atoms with E-state index in [1.165, 1.54) is 12.1 Å². The van der Waals surface area contributed by atoms with Gasteiger partial charge in [0.1, 0.15) is 0 Å². The number of halogens is 2. The van der Waals surface area contributed by atoms with Gasteiger partial charge in [-0.15, -0.1) is 0 Å². The maximum Gasteiger partial charge on any atom is 0.341 e. The van der Waals surface area contributed by atoms with E-state index in [9.17, 15) is 17.2 Å². The molecule has 1 heterocycles. The topological polar surface area (TPSA) is 63.4 Å². The Labute approximate surface area is 149 Å². The van der Waals surface area contributed by atoms with Crippen LogP contribution in [0.25, 0.3) is 22.8 Å². The van der Waals surface area contributed by atoms with Gasteiger partial charge < -0.3 is 9.32 Å². The second kappa shape index (κ2) is 6.87. The van der Waals surface area contributed by atoms with Gasteiger partial charge >= 0.3 is 5.76 Å². The maximum atomic E-state index is 12.6. The molecule has 0 N–H and O–H groups in total. The number of hydrogen-bond donors (Lipinski definition) is 0. The van der Waals surface area contributed by atoms with Gasteiger partial charge in [-0.25, -0.2) is 13.4 Å². The molecule has 0 spiro atoms. The SMILES string of the molecule is CN(C)c1ccc(-c2cnc(-c3ccc(S(=O)(=O)C(F)F)cc3)o2)cc1. The van der Waals surface area contributed by atoms with E-state index in [-0.39, 0.29) is 5.89 Å². The van der Waals surface area contributed by atoms with Crippen LogP contribution in [0.4, 0.5) is 14.5 Å². The van der Waals surface area contributed by atoms with E-state index in [0.717, 1.165) is 23.4 Å². The van der Waals surface area contributed by atoms with Crippen LogP contribution < -0.4 is 4.90 Å². The fourth-order valence-electron chi connectivity index (χ4n) is 2.35. The zero-order chi connectivity index (χ0) is 18.9. The summed E-state index contributed by atoms with van der Waals surface area (Å²) in [7, 11) is -0.725. The summed E-state index contributed by atoms with van der Waals surface area (Å²) in [5.74, 6) is -2.63. The Kier molecular flexibility index (Phi) is 4.78. The highest BCUT2D eigenvalue weighted by molar-refractivity contribution is 7.91. The minimum atomic E-state index is -4.61. The number of benzene rings is 2. The number of anilines is 1. The summed E-state index contributed by atoms with van der Waals surface area (Å²) in [6.45, 7) is 0. The molecule has 0 atom stereocenters. The van der Waals surface area contributed by atoms with E-state index in [4.69, 9.17) is 4.42 Å². The van der Waals surface area contributed by atoms with E-state index in [0.29, 0.717) is 11.3 Å². The van der Waals surface area contributed by atoms with Gasteiger partial charge in [0, 0.05) is 30.9 Å². The van der Waals surface area contributed by atoms with Gasteiger partial charge in [-0.2, -0.15) is 8.78 Å². The van der Waals surface area contributed by atoms with Crippen molar-refractivity contribution in [2.24, 2.45) is 0 Å². The summed E-state index contributed by atoms with van der Waals surface area (Å²) in [5, 5.41) is 0. The second-order valence-electron chi connectivity index (χ2n) is 5.80. The summed E-state index contributed by atoms with van der Waals surface area (Å²) in [4.78, 5) is 5.71. The normalized spacial score (nSPS) is 11.7. The molecule has 0 saturated carbocycles. The van der Waals surface area contributed by atoms with Crippen molar-refractivity contribution in [1.29, 1.82) is 0 Å². The van der Waals surface area contributed by atoms with Crippen LogP contribution in [0.1, 0.15) is 0 Å². The van der Waals surface area contributed by atoms with Crippen LogP contribution in [-0.4, -0.2) is 33.3 Å². The van der Waals surface area contributed by atoms with Crippen LogP contribution in [0.15, 0.2) is 64.0 Å². The first-order valence-corrected chi connectivity index (χ1v) is 9.20.